The van der Waals surface area contributed by atoms with Gasteiger partial charge in [0.25, 0.3) is 0 Å². The number of nitrogens with one attached hydrogen (secondary N) is 1. The Morgan fingerprint density at radius 1 is 1.44 bits per heavy atom. The molecule has 2 aromatic rings. The fourth-order valence-corrected chi connectivity index (χ4v) is 2.98. The van der Waals surface area contributed by atoms with E-state index in [0.717, 1.165) is 16.8 Å². The molecule has 0 spiro atoms. The van der Waals surface area contributed by atoms with Crippen LogP contribution in [0.1, 0.15) is 10.4 Å². The van der Waals surface area contributed by atoms with E-state index in [9.17, 15) is 0 Å². The van der Waals surface area contributed by atoms with E-state index in [0.29, 0.717) is 17.1 Å². The lowest BCUT2D eigenvalue weighted by Gasteiger charge is -2.08. The maximum absolute atomic E-state index is 8.86. The first-order chi connectivity index (χ1) is 8.70. The average Bonchev–Trinajstić information content (AvgIpc) is 2.77. The maximum atomic E-state index is 8.86. The van der Waals surface area contributed by atoms with Crippen LogP contribution in [0.15, 0.2) is 28.2 Å². The van der Waals surface area contributed by atoms with Crippen LogP contribution in [0.5, 0.6) is 0 Å². The van der Waals surface area contributed by atoms with Gasteiger partial charge in [-0.15, -0.1) is 11.3 Å². The fraction of sp³-hybridized carbons (Fsp3) is 0.167. The summed E-state index contributed by atoms with van der Waals surface area (Å²) in [5.41, 5.74) is 6.68. The normalized spacial score (nSPS) is 10.0. The van der Waals surface area contributed by atoms with Crippen molar-refractivity contribution in [2.75, 3.05) is 17.6 Å². The second kappa shape index (κ2) is 5.85. The lowest BCUT2D eigenvalue weighted by molar-refractivity contribution is 1.03. The van der Waals surface area contributed by atoms with Crippen molar-refractivity contribution in [2.45, 2.75) is 6.42 Å². The molecule has 0 radical (unpaired) electrons. The molecule has 18 heavy (non-hydrogen) atoms. The molecule has 3 N–H and O–H groups in total. The molecule has 0 aliphatic heterocycles. The van der Waals surface area contributed by atoms with Crippen LogP contribution in [-0.4, -0.2) is 11.5 Å². The Bertz CT molecular complexity index is 588. The third-order valence-electron chi connectivity index (χ3n) is 2.40. The summed E-state index contributed by atoms with van der Waals surface area (Å²) in [5, 5.41) is 12.0. The molecule has 2 aromatic heterocycles. The van der Waals surface area contributed by atoms with Crippen molar-refractivity contribution in [3.63, 3.8) is 0 Å². The third-order valence-corrected chi connectivity index (χ3v) is 4.09. The monoisotopic (exact) mass is 322 g/mol. The van der Waals surface area contributed by atoms with Gasteiger partial charge in [-0.1, -0.05) is 0 Å². The van der Waals surface area contributed by atoms with Crippen molar-refractivity contribution >= 4 is 38.8 Å². The van der Waals surface area contributed by atoms with E-state index < -0.39 is 0 Å². The fourth-order valence-electron chi connectivity index (χ4n) is 1.50. The van der Waals surface area contributed by atoms with Crippen LogP contribution >= 0.6 is 27.3 Å². The van der Waals surface area contributed by atoms with Crippen LogP contribution in [0.3, 0.4) is 0 Å². The quantitative estimate of drug-likeness (QED) is 0.907. The van der Waals surface area contributed by atoms with Crippen molar-refractivity contribution in [3.05, 3.63) is 38.6 Å². The summed E-state index contributed by atoms with van der Waals surface area (Å²) in [6.07, 6.45) is 2.48. The molecule has 2 heterocycles. The van der Waals surface area contributed by atoms with Crippen LogP contribution in [0, 0.1) is 11.3 Å². The standard InChI is InChI=1S/C12H11BrN4S/c13-10-2-1-9(18-10)4-6-17-12-11(15)8(7-14)3-5-16-12/h1-3,5H,4,6,15H2,(H,16,17). The predicted molar refractivity (Wildman–Crippen MR) is 77.6 cm³/mol. The molecule has 92 valence electrons. The highest BCUT2D eigenvalue weighted by Crippen LogP contribution is 2.23. The summed E-state index contributed by atoms with van der Waals surface area (Å²) in [7, 11) is 0. The van der Waals surface area contributed by atoms with Crippen LogP contribution in [0.25, 0.3) is 0 Å². The van der Waals surface area contributed by atoms with Gasteiger partial charge in [-0.05, 0) is 40.5 Å². The molecule has 6 heteroatoms. The highest BCUT2D eigenvalue weighted by Gasteiger charge is 2.05. The molecule has 0 atom stereocenters. The first-order valence-electron chi connectivity index (χ1n) is 5.33. The Balaban J connectivity index is 1.97. The third kappa shape index (κ3) is 3.00. The highest BCUT2D eigenvalue weighted by molar-refractivity contribution is 9.11. The summed E-state index contributed by atoms with van der Waals surface area (Å²) in [4.78, 5) is 5.41. The first-order valence-corrected chi connectivity index (χ1v) is 6.94. The largest absolute Gasteiger partial charge is 0.395 e. The smallest absolute Gasteiger partial charge is 0.150 e. The van der Waals surface area contributed by atoms with E-state index in [1.54, 1.807) is 23.6 Å². The molecule has 0 amide bonds. The summed E-state index contributed by atoms with van der Waals surface area (Å²) in [6, 6.07) is 7.76. The SMILES string of the molecule is N#Cc1ccnc(NCCc2ccc(Br)s2)c1N. The van der Waals surface area contributed by atoms with Gasteiger partial charge >= 0.3 is 0 Å². The zero-order valence-electron chi connectivity index (χ0n) is 9.48. The number of rotatable bonds is 4. The van der Waals surface area contributed by atoms with E-state index in [1.165, 1.54) is 4.88 Å². The van der Waals surface area contributed by atoms with Gasteiger partial charge in [-0.2, -0.15) is 5.26 Å². The molecule has 0 aromatic carbocycles. The Labute approximate surface area is 118 Å². The highest BCUT2D eigenvalue weighted by atomic mass is 79.9. The lowest BCUT2D eigenvalue weighted by Crippen LogP contribution is -2.08. The number of anilines is 2. The van der Waals surface area contributed by atoms with E-state index in [2.05, 4.69) is 32.3 Å². The van der Waals surface area contributed by atoms with Crippen molar-refractivity contribution in [3.8, 4) is 6.07 Å². The maximum Gasteiger partial charge on any atom is 0.150 e. The molecule has 0 unspecified atom stereocenters. The van der Waals surface area contributed by atoms with Crippen molar-refractivity contribution in [1.82, 2.24) is 4.98 Å². The number of nitrogens with two attached hydrogens (primary N) is 1. The number of pyridine rings is 1. The minimum Gasteiger partial charge on any atom is -0.395 e. The number of nitriles is 1. The number of halogens is 1. The van der Waals surface area contributed by atoms with Gasteiger partial charge in [0.1, 0.15) is 6.07 Å². The van der Waals surface area contributed by atoms with Gasteiger partial charge < -0.3 is 11.1 Å². The first kappa shape index (κ1) is 12.9. The average molecular weight is 323 g/mol. The summed E-state index contributed by atoms with van der Waals surface area (Å²) in [5.74, 6) is 0.574. The lowest BCUT2D eigenvalue weighted by atomic mass is 10.2. The van der Waals surface area contributed by atoms with Crippen LogP contribution < -0.4 is 11.1 Å². The van der Waals surface area contributed by atoms with E-state index in [1.807, 2.05) is 12.1 Å². The molecule has 0 saturated carbocycles. The number of hydrogen-bond acceptors (Lipinski definition) is 5. The molecule has 0 aliphatic carbocycles. The van der Waals surface area contributed by atoms with Gasteiger partial charge in [0.15, 0.2) is 5.82 Å². The minimum atomic E-state index is 0.410. The molecule has 0 saturated heterocycles. The number of nitrogen functional groups attached to an aromatic ring is 1. The molecule has 0 aliphatic rings. The second-order valence-corrected chi connectivity index (χ2v) is 6.16. The molecular weight excluding hydrogens is 312 g/mol. The van der Waals surface area contributed by atoms with E-state index in [-0.39, 0.29) is 0 Å². The van der Waals surface area contributed by atoms with Gasteiger partial charge in [0.2, 0.25) is 0 Å². The number of nitrogens with zero attached hydrogens (tertiary/aromatic N) is 2. The molecular formula is C12H11BrN4S. The van der Waals surface area contributed by atoms with Gasteiger partial charge in [-0.3, -0.25) is 0 Å². The number of aromatic nitrogens is 1. The Morgan fingerprint density at radius 2 is 2.28 bits per heavy atom. The van der Waals surface area contributed by atoms with E-state index >= 15 is 0 Å². The van der Waals surface area contributed by atoms with Crippen molar-refractivity contribution < 1.29 is 0 Å². The van der Waals surface area contributed by atoms with E-state index in [4.69, 9.17) is 11.0 Å². The van der Waals surface area contributed by atoms with Crippen LogP contribution in [0.4, 0.5) is 11.5 Å². The van der Waals surface area contributed by atoms with Crippen molar-refractivity contribution in [1.29, 1.82) is 5.26 Å². The number of hydrogen-bond donors (Lipinski definition) is 2. The Hall–Kier alpha value is -1.58. The molecule has 2 rings (SSSR count). The van der Waals surface area contributed by atoms with Gasteiger partial charge in [0.05, 0.1) is 15.0 Å². The van der Waals surface area contributed by atoms with Gasteiger partial charge in [-0.25, -0.2) is 4.98 Å². The molecule has 0 fully saturated rings. The summed E-state index contributed by atoms with van der Waals surface area (Å²) in [6.45, 7) is 0.735. The second-order valence-electron chi connectivity index (χ2n) is 3.62. The van der Waals surface area contributed by atoms with Crippen molar-refractivity contribution in [2.24, 2.45) is 0 Å². The molecule has 4 nitrogen and oxygen atoms in total. The zero-order valence-corrected chi connectivity index (χ0v) is 11.9. The summed E-state index contributed by atoms with van der Waals surface area (Å²) >= 11 is 5.14. The minimum absolute atomic E-state index is 0.410. The molecule has 0 bridgehead atoms. The summed E-state index contributed by atoms with van der Waals surface area (Å²) < 4.78 is 1.13. The zero-order chi connectivity index (χ0) is 13.0. The Morgan fingerprint density at radius 3 is 2.94 bits per heavy atom. The Kier molecular flexibility index (Phi) is 4.18. The number of thiophene rings is 1. The van der Waals surface area contributed by atoms with Gasteiger partial charge in [0, 0.05) is 17.6 Å². The predicted octanol–water partition coefficient (Wildman–Crippen LogP) is 3.01. The van der Waals surface area contributed by atoms with Crippen LogP contribution in [0.2, 0.25) is 0 Å². The topological polar surface area (TPSA) is 74.7 Å². The van der Waals surface area contributed by atoms with Crippen LogP contribution in [-0.2, 0) is 6.42 Å².